The zero-order valence-corrected chi connectivity index (χ0v) is 13.7. The Morgan fingerprint density at radius 2 is 1.19 bits per heavy atom. The van der Waals surface area contributed by atoms with Crippen molar-refractivity contribution < 1.29 is 10.4 Å². The lowest BCUT2D eigenvalue weighted by atomic mass is 9.81. The van der Waals surface area contributed by atoms with Gasteiger partial charge in [0.05, 0.1) is 12.4 Å². The number of hydrogen-bond acceptors (Lipinski definition) is 4. The van der Waals surface area contributed by atoms with Crippen LogP contribution in [0.25, 0.3) is 0 Å². The van der Waals surface area contributed by atoms with Crippen molar-refractivity contribution in [2.24, 2.45) is 27.6 Å². The fraction of sp³-hybridized carbons (Fsp3) is 0.647. The predicted octanol–water partition coefficient (Wildman–Crippen LogP) is 4.88. The van der Waals surface area contributed by atoms with Crippen molar-refractivity contribution in [3.8, 4) is 0 Å². The SMILES string of the molecule is CC(C)/C=C/CCC(/C=N/O)(/C=N/O)CC/C=C/C(C)C. The molecule has 0 aliphatic rings. The standard InChI is InChI=1S/C17H30N2O2/c1-15(2)9-5-7-11-17(13-18-20,14-19-21)12-8-6-10-16(3)4/h5-6,9-10,13-16,20-21H,7-8,11-12H2,1-4H3/b9-5+,10-6+,18-13+,19-14+. The molecular weight excluding hydrogens is 264 g/mol. The molecule has 2 N–H and O–H groups in total. The lowest BCUT2D eigenvalue weighted by molar-refractivity contribution is 0.305. The second kappa shape index (κ2) is 11.1. The van der Waals surface area contributed by atoms with Gasteiger partial charge in [0.25, 0.3) is 0 Å². The van der Waals surface area contributed by atoms with Gasteiger partial charge in [-0.25, -0.2) is 0 Å². The molecule has 0 amide bonds. The van der Waals surface area contributed by atoms with Crippen LogP contribution in [0, 0.1) is 17.3 Å². The van der Waals surface area contributed by atoms with Gasteiger partial charge in [0.15, 0.2) is 0 Å². The summed E-state index contributed by atoms with van der Waals surface area (Å²) >= 11 is 0. The zero-order chi connectivity index (χ0) is 16.1. The molecule has 0 aromatic rings. The van der Waals surface area contributed by atoms with Crippen molar-refractivity contribution in [1.82, 2.24) is 0 Å². The van der Waals surface area contributed by atoms with Crippen LogP contribution in [0.4, 0.5) is 0 Å². The summed E-state index contributed by atoms with van der Waals surface area (Å²) in [6.45, 7) is 8.52. The van der Waals surface area contributed by atoms with E-state index in [0.29, 0.717) is 11.8 Å². The van der Waals surface area contributed by atoms with Crippen LogP contribution < -0.4 is 0 Å². The molecule has 120 valence electrons. The highest BCUT2D eigenvalue weighted by Crippen LogP contribution is 2.27. The average Bonchev–Trinajstić information content (AvgIpc) is 2.40. The Labute approximate surface area is 128 Å². The third-order valence-electron chi connectivity index (χ3n) is 3.22. The lowest BCUT2D eigenvalue weighted by Crippen LogP contribution is -2.24. The predicted molar refractivity (Wildman–Crippen MR) is 89.4 cm³/mol. The minimum Gasteiger partial charge on any atom is -0.411 e. The van der Waals surface area contributed by atoms with Gasteiger partial charge in [0, 0.05) is 5.41 Å². The molecule has 0 heterocycles. The summed E-state index contributed by atoms with van der Waals surface area (Å²) in [4.78, 5) is 0. The van der Waals surface area contributed by atoms with E-state index in [9.17, 15) is 0 Å². The Hall–Kier alpha value is -1.58. The molecule has 0 unspecified atom stereocenters. The summed E-state index contributed by atoms with van der Waals surface area (Å²) in [5.41, 5.74) is -0.508. The first-order valence-electron chi connectivity index (χ1n) is 7.66. The molecule has 0 aromatic carbocycles. The van der Waals surface area contributed by atoms with Gasteiger partial charge < -0.3 is 10.4 Å². The molecule has 0 bridgehead atoms. The van der Waals surface area contributed by atoms with Gasteiger partial charge in [-0.1, -0.05) is 52.0 Å². The summed E-state index contributed by atoms with van der Waals surface area (Å²) in [6.07, 6.45) is 14.7. The highest BCUT2D eigenvalue weighted by Gasteiger charge is 2.25. The van der Waals surface area contributed by atoms with Gasteiger partial charge >= 0.3 is 0 Å². The molecule has 0 saturated heterocycles. The topological polar surface area (TPSA) is 65.2 Å². The van der Waals surface area contributed by atoms with Crippen LogP contribution in [-0.4, -0.2) is 22.8 Å². The average molecular weight is 294 g/mol. The highest BCUT2D eigenvalue weighted by molar-refractivity contribution is 5.88. The minimum absolute atomic E-state index is 0.508. The Kier molecular flexibility index (Phi) is 10.3. The van der Waals surface area contributed by atoms with Gasteiger partial charge in [-0.15, -0.1) is 10.3 Å². The summed E-state index contributed by atoms with van der Waals surface area (Å²) in [7, 11) is 0. The number of rotatable bonds is 10. The monoisotopic (exact) mass is 294 g/mol. The third-order valence-corrected chi connectivity index (χ3v) is 3.22. The van der Waals surface area contributed by atoms with Crippen LogP contribution >= 0.6 is 0 Å². The van der Waals surface area contributed by atoms with Gasteiger partial charge in [-0.05, 0) is 37.5 Å². The van der Waals surface area contributed by atoms with Crippen LogP contribution in [0.5, 0.6) is 0 Å². The molecule has 4 nitrogen and oxygen atoms in total. The minimum atomic E-state index is -0.508. The quantitative estimate of drug-likeness (QED) is 0.261. The van der Waals surface area contributed by atoms with E-state index in [2.05, 4.69) is 62.3 Å². The van der Waals surface area contributed by atoms with E-state index < -0.39 is 5.41 Å². The Balaban J connectivity index is 4.74. The summed E-state index contributed by atoms with van der Waals surface area (Å²) < 4.78 is 0. The van der Waals surface area contributed by atoms with Crippen molar-refractivity contribution >= 4 is 12.4 Å². The van der Waals surface area contributed by atoms with Crippen molar-refractivity contribution in [2.75, 3.05) is 0 Å². The van der Waals surface area contributed by atoms with Gasteiger partial charge in [-0.2, -0.15) is 0 Å². The normalized spacial score (nSPS) is 14.0. The highest BCUT2D eigenvalue weighted by atomic mass is 16.4. The van der Waals surface area contributed by atoms with E-state index in [-0.39, 0.29) is 0 Å². The Morgan fingerprint density at radius 3 is 1.48 bits per heavy atom. The van der Waals surface area contributed by atoms with E-state index in [0.717, 1.165) is 25.7 Å². The molecule has 0 saturated carbocycles. The largest absolute Gasteiger partial charge is 0.411 e. The Morgan fingerprint density at radius 1 is 0.810 bits per heavy atom. The van der Waals surface area contributed by atoms with Crippen LogP contribution in [0.3, 0.4) is 0 Å². The number of hydrogen-bond donors (Lipinski definition) is 2. The molecule has 21 heavy (non-hydrogen) atoms. The summed E-state index contributed by atoms with van der Waals surface area (Å²) in [5.74, 6) is 1.04. The van der Waals surface area contributed by atoms with Crippen molar-refractivity contribution in [3.05, 3.63) is 24.3 Å². The maximum Gasteiger partial charge on any atom is 0.0552 e. The molecule has 0 atom stereocenters. The molecule has 4 heteroatoms. The molecule has 0 spiro atoms. The molecule has 0 aliphatic carbocycles. The van der Waals surface area contributed by atoms with Crippen LogP contribution in [0.1, 0.15) is 53.4 Å². The van der Waals surface area contributed by atoms with Gasteiger partial charge in [0.1, 0.15) is 0 Å². The molecule has 0 aliphatic heterocycles. The Bertz CT molecular complexity index is 333. The molecular formula is C17H30N2O2. The number of nitrogens with zero attached hydrogens (tertiary/aromatic N) is 2. The van der Waals surface area contributed by atoms with E-state index in [1.54, 1.807) is 0 Å². The molecule has 0 radical (unpaired) electrons. The first kappa shape index (κ1) is 19.4. The maximum atomic E-state index is 8.91. The number of allylic oxidation sites excluding steroid dienone is 4. The first-order valence-corrected chi connectivity index (χ1v) is 7.66. The summed E-state index contributed by atoms with van der Waals surface area (Å²) in [5, 5.41) is 24.2. The van der Waals surface area contributed by atoms with Crippen molar-refractivity contribution in [1.29, 1.82) is 0 Å². The van der Waals surface area contributed by atoms with Crippen LogP contribution in [0.15, 0.2) is 34.6 Å². The van der Waals surface area contributed by atoms with Gasteiger partial charge in [-0.3, -0.25) is 0 Å². The van der Waals surface area contributed by atoms with E-state index >= 15 is 0 Å². The molecule has 0 fully saturated rings. The second-order valence-electron chi connectivity index (χ2n) is 6.14. The van der Waals surface area contributed by atoms with Crippen LogP contribution in [0.2, 0.25) is 0 Å². The summed E-state index contributed by atoms with van der Waals surface area (Å²) in [6, 6.07) is 0. The third kappa shape index (κ3) is 9.88. The van der Waals surface area contributed by atoms with Gasteiger partial charge in [0.2, 0.25) is 0 Å². The fourth-order valence-electron chi connectivity index (χ4n) is 2.09. The fourth-order valence-corrected chi connectivity index (χ4v) is 2.09. The van der Waals surface area contributed by atoms with Crippen molar-refractivity contribution in [3.63, 3.8) is 0 Å². The lowest BCUT2D eigenvalue weighted by Gasteiger charge is -2.23. The smallest absolute Gasteiger partial charge is 0.0552 e. The molecule has 0 aromatic heterocycles. The van der Waals surface area contributed by atoms with E-state index in [1.165, 1.54) is 12.4 Å². The zero-order valence-electron chi connectivity index (χ0n) is 13.7. The van der Waals surface area contributed by atoms with Crippen molar-refractivity contribution in [2.45, 2.75) is 53.4 Å². The van der Waals surface area contributed by atoms with Crippen LogP contribution in [-0.2, 0) is 0 Å². The second-order valence-corrected chi connectivity index (χ2v) is 6.14. The van der Waals surface area contributed by atoms with E-state index in [1.807, 2.05) is 0 Å². The molecule has 0 rings (SSSR count). The van der Waals surface area contributed by atoms with E-state index in [4.69, 9.17) is 10.4 Å². The first-order chi connectivity index (χ1) is 9.95. The number of oxime groups is 2. The maximum absolute atomic E-state index is 8.91.